The summed E-state index contributed by atoms with van der Waals surface area (Å²) in [6.45, 7) is 10.8. The van der Waals surface area contributed by atoms with Crippen LogP contribution in [-0.2, 0) is 4.79 Å². The van der Waals surface area contributed by atoms with Gasteiger partial charge in [0.2, 0.25) is 0 Å². The number of aliphatic carboxylic acids is 1. The summed E-state index contributed by atoms with van der Waals surface area (Å²) in [6.07, 6.45) is 5.75. The predicted octanol–water partition coefficient (Wildman–Crippen LogP) is 3.45. The highest BCUT2D eigenvalue weighted by Gasteiger charge is 2.39. The van der Waals surface area contributed by atoms with Gasteiger partial charge in [0, 0.05) is 38.6 Å². The van der Waals surface area contributed by atoms with Crippen molar-refractivity contribution in [1.82, 2.24) is 14.9 Å². The molecule has 158 valence electrons. The van der Waals surface area contributed by atoms with Crippen LogP contribution in [0.5, 0.6) is 0 Å². The van der Waals surface area contributed by atoms with Gasteiger partial charge in [0.05, 0.1) is 6.20 Å². The summed E-state index contributed by atoms with van der Waals surface area (Å²) in [5, 5.41) is 7.12. The topological polar surface area (TPSA) is 69.6 Å². The molecule has 1 aromatic heterocycles. The van der Waals surface area contributed by atoms with Crippen molar-refractivity contribution >= 4 is 11.8 Å². The van der Waals surface area contributed by atoms with E-state index in [9.17, 15) is 13.2 Å². The number of likely N-dealkylation sites (tertiary alicyclic amines) is 1. The highest BCUT2D eigenvalue weighted by molar-refractivity contribution is 5.73. The minimum Gasteiger partial charge on any atom is -0.475 e. The monoisotopic (exact) mass is 402 g/mol. The molecule has 0 saturated carbocycles. The molecule has 0 atom stereocenters. The molecule has 2 aliphatic rings. The fourth-order valence-corrected chi connectivity index (χ4v) is 4.06. The number of alkyl halides is 3. The highest BCUT2D eigenvalue weighted by Crippen LogP contribution is 2.40. The van der Waals surface area contributed by atoms with E-state index in [2.05, 4.69) is 33.6 Å². The Morgan fingerprint density at radius 3 is 2.36 bits per heavy atom. The summed E-state index contributed by atoms with van der Waals surface area (Å²) in [4.78, 5) is 22.6. The van der Waals surface area contributed by atoms with Crippen molar-refractivity contribution in [2.24, 2.45) is 11.3 Å². The first-order valence-electron chi connectivity index (χ1n) is 9.65. The Bertz CT molecular complexity index is 617. The fraction of sp³-hybridized carbons (Fsp3) is 0.737. The molecule has 3 rings (SSSR count). The number of rotatable bonds is 3. The van der Waals surface area contributed by atoms with Gasteiger partial charge in [-0.3, -0.25) is 4.98 Å². The van der Waals surface area contributed by atoms with Gasteiger partial charge in [-0.25, -0.2) is 9.78 Å². The molecule has 3 heterocycles. The Balaban J connectivity index is 0.000000345. The summed E-state index contributed by atoms with van der Waals surface area (Å²) in [7, 11) is 0. The number of halogens is 3. The third kappa shape index (κ3) is 6.61. The zero-order valence-corrected chi connectivity index (χ0v) is 16.5. The first kappa shape index (κ1) is 22.4. The van der Waals surface area contributed by atoms with Crippen LogP contribution < -0.4 is 4.90 Å². The number of carbonyl (C=O) groups is 1. The van der Waals surface area contributed by atoms with E-state index < -0.39 is 12.1 Å². The van der Waals surface area contributed by atoms with Crippen molar-refractivity contribution < 1.29 is 23.1 Å². The number of carboxylic acid groups (broad SMARTS) is 1. The van der Waals surface area contributed by atoms with E-state index in [1.165, 1.54) is 45.3 Å². The second-order valence-corrected chi connectivity index (χ2v) is 8.09. The lowest BCUT2D eigenvalue weighted by Crippen LogP contribution is -2.50. The Morgan fingerprint density at radius 2 is 1.86 bits per heavy atom. The maximum absolute atomic E-state index is 10.6. The summed E-state index contributed by atoms with van der Waals surface area (Å²) in [5.74, 6) is -0.936. The normalized spacial score (nSPS) is 20.0. The number of hydrogen-bond acceptors (Lipinski definition) is 5. The van der Waals surface area contributed by atoms with Gasteiger partial charge in [0.1, 0.15) is 5.82 Å². The summed E-state index contributed by atoms with van der Waals surface area (Å²) >= 11 is 0. The van der Waals surface area contributed by atoms with Crippen LogP contribution in [0.15, 0.2) is 18.6 Å². The lowest BCUT2D eigenvalue weighted by molar-refractivity contribution is -0.192. The molecule has 0 aliphatic carbocycles. The average molecular weight is 402 g/mol. The zero-order valence-electron chi connectivity index (χ0n) is 16.5. The molecule has 0 bridgehead atoms. The lowest BCUT2D eigenvalue weighted by Gasteiger charge is -2.48. The molecule has 1 N–H and O–H groups in total. The van der Waals surface area contributed by atoms with E-state index in [1.54, 1.807) is 12.4 Å². The van der Waals surface area contributed by atoms with Gasteiger partial charge in [0.15, 0.2) is 0 Å². The maximum atomic E-state index is 10.6. The number of aromatic nitrogens is 2. The van der Waals surface area contributed by atoms with Crippen molar-refractivity contribution in [3.63, 3.8) is 0 Å². The first-order chi connectivity index (χ1) is 13.1. The number of carboxylic acids is 1. The SMILES string of the molecule is CC(C)CN1CCCC2(CCN(c3cnccn3)CC2)C1.O=C(O)C(F)(F)F. The number of anilines is 1. The van der Waals surface area contributed by atoms with Gasteiger partial charge in [-0.15, -0.1) is 0 Å². The van der Waals surface area contributed by atoms with Crippen molar-refractivity contribution in [3.8, 4) is 0 Å². The molecular formula is C19H29F3N4O2. The highest BCUT2D eigenvalue weighted by atomic mass is 19.4. The van der Waals surface area contributed by atoms with Gasteiger partial charge in [0.25, 0.3) is 0 Å². The summed E-state index contributed by atoms with van der Waals surface area (Å²) in [6, 6.07) is 0. The molecule has 0 aromatic carbocycles. The molecule has 0 amide bonds. The quantitative estimate of drug-likeness (QED) is 0.835. The number of hydrogen-bond donors (Lipinski definition) is 1. The van der Waals surface area contributed by atoms with Crippen LogP contribution in [0.2, 0.25) is 0 Å². The molecule has 1 spiro atoms. The van der Waals surface area contributed by atoms with E-state index in [0.717, 1.165) is 24.8 Å². The van der Waals surface area contributed by atoms with E-state index in [-0.39, 0.29) is 0 Å². The molecule has 0 radical (unpaired) electrons. The summed E-state index contributed by atoms with van der Waals surface area (Å²) in [5.41, 5.74) is 0.561. The van der Waals surface area contributed by atoms with E-state index in [0.29, 0.717) is 5.41 Å². The van der Waals surface area contributed by atoms with Gasteiger partial charge in [-0.1, -0.05) is 13.8 Å². The van der Waals surface area contributed by atoms with Crippen LogP contribution in [0.25, 0.3) is 0 Å². The predicted molar refractivity (Wildman–Crippen MR) is 100 cm³/mol. The van der Waals surface area contributed by atoms with Crippen LogP contribution in [0.1, 0.15) is 39.5 Å². The van der Waals surface area contributed by atoms with Crippen LogP contribution in [0, 0.1) is 11.3 Å². The second-order valence-electron chi connectivity index (χ2n) is 8.09. The van der Waals surface area contributed by atoms with E-state index >= 15 is 0 Å². The van der Waals surface area contributed by atoms with Gasteiger partial charge in [-0.2, -0.15) is 13.2 Å². The Hall–Kier alpha value is -1.90. The van der Waals surface area contributed by atoms with Crippen molar-refractivity contribution in [2.75, 3.05) is 37.6 Å². The molecule has 2 saturated heterocycles. The molecule has 9 heteroatoms. The van der Waals surface area contributed by atoms with Crippen molar-refractivity contribution in [2.45, 2.75) is 45.7 Å². The molecule has 1 aromatic rings. The number of piperidine rings is 2. The lowest BCUT2D eigenvalue weighted by atomic mass is 9.72. The van der Waals surface area contributed by atoms with Gasteiger partial charge >= 0.3 is 12.1 Å². The Labute approximate surface area is 163 Å². The molecule has 0 unspecified atom stereocenters. The average Bonchev–Trinajstić information content (AvgIpc) is 2.62. The van der Waals surface area contributed by atoms with Crippen LogP contribution >= 0.6 is 0 Å². The molecule has 28 heavy (non-hydrogen) atoms. The van der Waals surface area contributed by atoms with Crippen molar-refractivity contribution in [1.29, 1.82) is 0 Å². The Kier molecular flexibility index (Phi) is 7.63. The van der Waals surface area contributed by atoms with Crippen LogP contribution in [0.4, 0.5) is 19.0 Å². The molecular weight excluding hydrogens is 373 g/mol. The number of nitrogens with zero attached hydrogens (tertiary/aromatic N) is 4. The minimum absolute atomic E-state index is 0.561. The van der Waals surface area contributed by atoms with Crippen LogP contribution in [0.3, 0.4) is 0 Å². The molecule has 2 aliphatic heterocycles. The third-order valence-corrected chi connectivity index (χ3v) is 5.30. The van der Waals surface area contributed by atoms with Crippen LogP contribution in [-0.4, -0.2) is 64.8 Å². The van der Waals surface area contributed by atoms with Crippen molar-refractivity contribution in [3.05, 3.63) is 18.6 Å². The Morgan fingerprint density at radius 1 is 1.21 bits per heavy atom. The standard InChI is InChI=1S/C17H28N4.C2HF3O2/c1-15(2)13-20-9-3-4-17(14-20)5-10-21(11-6-17)16-12-18-7-8-19-16;3-2(4,5)1(6)7/h7-8,12,15H,3-6,9-11,13-14H2,1-2H3;(H,6,7). The molecule has 2 fully saturated rings. The smallest absolute Gasteiger partial charge is 0.475 e. The van der Waals surface area contributed by atoms with E-state index in [1.807, 2.05) is 6.20 Å². The maximum Gasteiger partial charge on any atom is 0.490 e. The third-order valence-electron chi connectivity index (χ3n) is 5.30. The van der Waals surface area contributed by atoms with E-state index in [4.69, 9.17) is 9.90 Å². The zero-order chi connectivity index (χ0) is 20.8. The minimum atomic E-state index is -5.08. The van der Waals surface area contributed by atoms with Gasteiger partial charge < -0.3 is 14.9 Å². The second kappa shape index (κ2) is 9.54. The first-order valence-corrected chi connectivity index (χ1v) is 9.65. The van der Waals surface area contributed by atoms with Gasteiger partial charge in [-0.05, 0) is 43.6 Å². The largest absolute Gasteiger partial charge is 0.490 e. The molecule has 6 nitrogen and oxygen atoms in total. The fourth-order valence-electron chi connectivity index (χ4n) is 4.06. The summed E-state index contributed by atoms with van der Waals surface area (Å²) < 4.78 is 31.7.